The molecule has 1 heterocycles. The number of nitrogens with zero attached hydrogens (tertiary/aromatic N) is 3. The normalized spacial score (nSPS) is 11.9. The van der Waals surface area contributed by atoms with Crippen LogP contribution in [0.3, 0.4) is 0 Å². The summed E-state index contributed by atoms with van der Waals surface area (Å²) in [5.41, 5.74) is 3.25. The average Bonchev–Trinajstić information content (AvgIpc) is 3.25. The number of likely N-dealkylation sites (N-methyl/N-ethyl adjacent to an activating group) is 1. The molecule has 6 nitrogen and oxygen atoms in total. The van der Waals surface area contributed by atoms with Crippen LogP contribution in [0.5, 0.6) is 0 Å². The van der Waals surface area contributed by atoms with Gasteiger partial charge in [-0.05, 0) is 50.2 Å². The van der Waals surface area contributed by atoms with Gasteiger partial charge in [-0.25, -0.2) is 13.4 Å². The first-order valence-electron chi connectivity index (χ1n) is 11.0. The Labute approximate surface area is 194 Å². The molecule has 3 aromatic rings. The number of anilines is 1. The van der Waals surface area contributed by atoms with Crippen LogP contribution in [0.25, 0.3) is 10.2 Å². The minimum Gasteiger partial charge on any atom is -0.302 e. The SMILES string of the molecule is CCN(CC)CCN(C(=O)c1ccccc1S(=O)(=O)CC)c1nc2c(C)ccc(C)c2s1. The Morgan fingerprint density at radius 1 is 0.969 bits per heavy atom. The number of benzene rings is 2. The quantitative estimate of drug-likeness (QED) is 0.451. The van der Waals surface area contributed by atoms with E-state index < -0.39 is 9.84 Å². The van der Waals surface area contributed by atoms with Crippen LogP contribution in [0, 0.1) is 13.8 Å². The van der Waals surface area contributed by atoms with Crippen LogP contribution < -0.4 is 4.90 Å². The molecule has 0 saturated heterocycles. The lowest BCUT2D eigenvalue weighted by Gasteiger charge is -2.25. The van der Waals surface area contributed by atoms with E-state index in [1.807, 2.05) is 19.9 Å². The average molecular weight is 474 g/mol. The number of rotatable bonds is 9. The lowest BCUT2D eigenvalue weighted by Crippen LogP contribution is -2.39. The monoisotopic (exact) mass is 473 g/mol. The van der Waals surface area contributed by atoms with E-state index in [4.69, 9.17) is 4.98 Å². The molecular formula is C24H31N3O3S2. The zero-order chi connectivity index (χ0) is 23.5. The first kappa shape index (κ1) is 24.4. The van der Waals surface area contributed by atoms with Crippen molar-refractivity contribution in [1.82, 2.24) is 9.88 Å². The summed E-state index contributed by atoms with van der Waals surface area (Å²) in [4.78, 5) is 22.5. The molecule has 0 atom stereocenters. The number of amides is 1. The van der Waals surface area contributed by atoms with Gasteiger partial charge in [0.25, 0.3) is 5.91 Å². The number of aromatic nitrogens is 1. The molecule has 0 saturated carbocycles. The van der Waals surface area contributed by atoms with Gasteiger partial charge in [0.15, 0.2) is 15.0 Å². The third-order valence-electron chi connectivity index (χ3n) is 5.77. The van der Waals surface area contributed by atoms with Crippen LogP contribution in [0.15, 0.2) is 41.3 Å². The summed E-state index contributed by atoms with van der Waals surface area (Å²) in [6.07, 6.45) is 0. The van der Waals surface area contributed by atoms with Crippen molar-refractivity contribution in [2.24, 2.45) is 0 Å². The van der Waals surface area contributed by atoms with Crippen LogP contribution >= 0.6 is 11.3 Å². The van der Waals surface area contributed by atoms with Gasteiger partial charge >= 0.3 is 0 Å². The number of aryl methyl sites for hydroxylation is 2. The summed E-state index contributed by atoms with van der Waals surface area (Å²) in [7, 11) is -3.54. The van der Waals surface area contributed by atoms with Crippen molar-refractivity contribution in [2.45, 2.75) is 39.5 Å². The standard InChI is InChI=1S/C24H31N3O3S2/c1-6-26(7-2)15-16-27(24-25-21-17(4)13-14-18(5)22(21)31-24)23(28)19-11-9-10-12-20(19)32(29,30)8-3/h9-14H,6-8,15-16H2,1-5H3. The topological polar surface area (TPSA) is 70.6 Å². The predicted molar refractivity (Wildman–Crippen MR) is 133 cm³/mol. The van der Waals surface area contributed by atoms with Gasteiger partial charge in [0, 0.05) is 13.1 Å². The zero-order valence-electron chi connectivity index (χ0n) is 19.4. The molecule has 0 spiro atoms. The second-order valence-corrected chi connectivity index (χ2v) is 11.0. The van der Waals surface area contributed by atoms with Gasteiger partial charge in [-0.15, -0.1) is 0 Å². The minimum atomic E-state index is -3.54. The van der Waals surface area contributed by atoms with E-state index >= 15 is 0 Å². The van der Waals surface area contributed by atoms with Gasteiger partial charge in [0.05, 0.1) is 26.4 Å². The van der Waals surface area contributed by atoms with Crippen LogP contribution in [0.2, 0.25) is 0 Å². The molecular weight excluding hydrogens is 442 g/mol. The van der Waals surface area contributed by atoms with Crippen molar-refractivity contribution in [1.29, 1.82) is 0 Å². The van der Waals surface area contributed by atoms with E-state index in [0.29, 0.717) is 18.2 Å². The summed E-state index contributed by atoms with van der Waals surface area (Å²) < 4.78 is 26.4. The van der Waals surface area contributed by atoms with Crippen LogP contribution in [-0.2, 0) is 9.84 Å². The Morgan fingerprint density at radius 2 is 1.62 bits per heavy atom. The summed E-state index contributed by atoms with van der Waals surface area (Å²) in [5, 5.41) is 0.596. The van der Waals surface area contributed by atoms with Gasteiger partial charge in [0.2, 0.25) is 0 Å². The molecule has 0 bridgehead atoms. The molecule has 1 amide bonds. The largest absolute Gasteiger partial charge is 0.302 e. The van der Waals surface area contributed by atoms with Crippen molar-refractivity contribution in [2.75, 3.05) is 36.8 Å². The summed E-state index contributed by atoms with van der Waals surface area (Å²) in [6, 6.07) is 10.6. The van der Waals surface area contributed by atoms with E-state index in [1.165, 1.54) is 17.4 Å². The molecule has 0 unspecified atom stereocenters. The fraction of sp³-hybridized carbons (Fsp3) is 0.417. The second-order valence-electron chi connectivity index (χ2n) is 7.76. The first-order chi connectivity index (χ1) is 15.2. The number of thiazole rings is 1. The summed E-state index contributed by atoms with van der Waals surface area (Å²) in [6.45, 7) is 12.7. The predicted octanol–water partition coefficient (Wildman–Crippen LogP) is 4.70. The van der Waals surface area contributed by atoms with Crippen molar-refractivity contribution in [3.63, 3.8) is 0 Å². The molecule has 172 valence electrons. The highest BCUT2D eigenvalue weighted by Crippen LogP contribution is 2.34. The van der Waals surface area contributed by atoms with E-state index in [2.05, 4.69) is 24.8 Å². The molecule has 0 N–H and O–H groups in total. The summed E-state index contributed by atoms with van der Waals surface area (Å²) in [5.74, 6) is -0.393. The van der Waals surface area contributed by atoms with E-state index in [-0.39, 0.29) is 22.1 Å². The fourth-order valence-electron chi connectivity index (χ4n) is 3.64. The molecule has 2 aromatic carbocycles. The smallest absolute Gasteiger partial charge is 0.261 e. The Balaban J connectivity index is 2.12. The first-order valence-corrected chi connectivity index (χ1v) is 13.4. The van der Waals surface area contributed by atoms with Crippen molar-refractivity contribution >= 4 is 42.4 Å². The Kier molecular flexibility index (Phi) is 7.69. The van der Waals surface area contributed by atoms with E-state index in [1.54, 1.807) is 30.0 Å². The minimum absolute atomic E-state index is 0.0593. The van der Waals surface area contributed by atoms with Crippen molar-refractivity contribution in [3.05, 3.63) is 53.1 Å². The number of sulfone groups is 1. The second kappa shape index (κ2) is 10.1. The molecule has 0 aliphatic rings. The number of hydrogen-bond donors (Lipinski definition) is 0. The molecule has 0 aliphatic carbocycles. The van der Waals surface area contributed by atoms with Crippen LogP contribution in [0.1, 0.15) is 42.3 Å². The molecule has 1 aromatic heterocycles. The summed E-state index contributed by atoms with van der Waals surface area (Å²) >= 11 is 1.48. The zero-order valence-corrected chi connectivity index (χ0v) is 21.0. The van der Waals surface area contributed by atoms with Gasteiger partial charge in [0.1, 0.15) is 0 Å². The molecule has 0 aliphatic heterocycles. The van der Waals surface area contributed by atoms with Gasteiger partial charge in [-0.2, -0.15) is 0 Å². The lowest BCUT2D eigenvalue weighted by molar-refractivity contribution is 0.0980. The molecule has 3 rings (SSSR count). The van der Waals surface area contributed by atoms with Crippen LogP contribution in [0.4, 0.5) is 5.13 Å². The Bertz CT molecular complexity index is 1180. The van der Waals surface area contributed by atoms with E-state index in [9.17, 15) is 13.2 Å². The third kappa shape index (κ3) is 4.87. The number of carbonyl (C=O) groups is 1. The van der Waals surface area contributed by atoms with Crippen molar-refractivity contribution in [3.8, 4) is 0 Å². The lowest BCUT2D eigenvalue weighted by atomic mass is 10.1. The molecule has 0 radical (unpaired) electrons. The van der Waals surface area contributed by atoms with Gasteiger partial charge < -0.3 is 4.90 Å². The van der Waals surface area contributed by atoms with Crippen LogP contribution in [-0.4, -0.2) is 56.1 Å². The molecule has 0 fully saturated rings. The maximum atomic E-state index is 13.8. The maximum Gasteiger partial charge on any atom is 0.261 e. The molecule has 32 heavy (non-hydrogen) atoms. The highest BCUT2D eigenvalue weighted by Gasteiger charge is 2.27. The van der Waals surface area contributed by atoms with E-state index in [0.717, 1.165) is 34.4 Å². The maximum absolute atomic E-state index is 13.8. The van der Waals surface area contributed by atoms with Gasteiger partial charge in [-0.1, -0.05) is 56.4 Å². The molecule has 8 heteroatoms. The van der Waals surface area contributed by atoms with Crippen molar-refractivity contribution < 1.29 is 13.2 Å². The fourth-order valence-corrected chi connectivity index (χ4v) is 5.87. The highest BCUT2D eigenvalue weighted by atomic mass is 32.2. The Hall–Kier alpha value is -2.29. The third-order valence-corrected chi connectivity index (χ3v) is 8.77. The number of carbonyl (C=O) groups excluding carboxylic acids is 1. The Morgan fingerprint density at radius 3 is 2.25 bits per heavy atom. The number of hydrogen-bond acceptors (Lipinski definition) is 6. The number of fused-ring (bicyclic) bond motifs is 1. The van der Waals surface area contributed by atoms with Gasteiger partial charge in [-0.3, -0.25) is 9.69 Å². The highest BCUT2D eigenvalue weighted by molar-refractivity contribution is 7.91.